The number of nitrogens with one attached hydrogen (secondary N) is 1. The zero-order valence-corrected chi connectivity index (χ0v) is 15.8. The molecule has 26 heavy (non-hydrogen) atoms. The van der Waals surface area contributed by atoms with E-state index in [1.54, 1.807) is 31.2 Å². The fourth-order valence-corrected chi connectivity index (χ4v) is 2.34. The van der Waals surface area contributed by atoms with Crippen molar-refractivity contribution in [3.8, 4) is 17.2 Å². The summed E-state index contributed by atoms with van der Waals surface area (Å²) in [7, 11) is 0. The molecule has 2 N–H and O–H groups in total. The minimum absolute atomic E-state index is 0.130. The van der Waals surface area contributed by atoms with Crippen LogP contribution >= 0.6 is 23.2 Å². The number of carbonyl (C=O) groups excluding carboxylic acids is 1. The maximum atomic E-state index is 11.8. The van der Waals surface area contributed by atoms with Crippen LogP contribution in [0.2, 0.25) is 10.0 Å². The summed E-state index contributed by atoms with van der Waals surface area (Å²) in [6.45, 7) is 3.82. The lowest BCUT2D eigenvalue weighted by atomic mass is 10.2. The van der Waals surface area contributed by atoms with Gasteiger partial charge >= 0.3 is 0 Å². The highest BCUT2D eigenvalue weighted by Gasteiger charge is 2.09. The molecule has 0 aliphatic rings. The van der Waals surface area contributed by atoms with Crippen molar-refractivity contribution in [3.05, 3.63) is 51.5 Å². The fraction of sp³-hybridized carbons (Fsp3) is 0.222. The number of rotatable bonds is 7. The van der Waals surface area contributed by atoms with Crippen LogP contribution in [0.5, 0.6) is 17.2 Å². The summed E-state index contributed by atoms with van der Waals surface area (Å²) < 4.78 is 10.7. The molecule has 8 heteroatoms. The minimum Gasteiger partial charge on any atom is -0.503 e. The molecule has 6 nitrogen and oxygen atoms in total. The number of halogens is 2. The van der Waals surface area contributed by atoms with E-state index in [2.05, 4.69) is 10.5 Å². The standard InChI is InChI=1S/C18H18Cl2N2O4/c1-3-25-16-8-12(7-15(20)18(16)24)9-21-22-17(23)10-26-13-4-5-14(19)11(2)6-13/h4-9,24H,3,10H2,1-2H3,(H,22,23)/b21-9+. The summed E-state index contributed by atoms with van der Waals surface area (Å²) >= 11 is 11.9. The number of hydrogen-bond donors (Lipinski definition) is 2. The molecule has 0 bridgehead atoms. The van der Waals surface area contributed by atoms with E-state index in [1.807, 2.05) is 6.92 Å². The van der Waals surface area contributed by atoms with Crippen molar-refractivity contribution < 1.29 is 19.4 Å². The van der Waals surface area contributed by atoms with Crippen LogP contribution in [-0.4, -0.2) is 30.4 Å². The molecule has 0 aliphatic carbocycles. The molecule has 0 spiro atoms. The molecule has 0 fully saturated rings. The van der Waals surface area contributed by atoms with Gasteiger partial charge in [0.25, 0.3) is 5.91 Å². The van der Waals surface area contributed by atoms with Crippen molar-refractivity contribution in [1.82, 2.24) is 5.43 Å². The molecule has 0 aliphatic heterocycles. The first-order chi connectivity index (χ1) is 12.4. The minimum atomic E-state index is -0.427. The third-order valence-electron chi connectivity index (χ3n) is 3.25. The van der Waals surface area contributed by atoms with Crippen LogP contribution in [0.3, 0.4) is 0 Å². The molecular weight excluding hydrogens is 379 g/mol. The molecule has 0 atom stereocenters. The smallest absolute Gasteiger partial charge is 0.277 e. The normalized spacial score (nSPS) is 10.8. The van der Waals surface area contributed by atoms with Crippen LogP contribution in [0, 0.1) is 6.92 Å². The van der Waals surface area contributed by atoms with Gasteiger partial charge in [0.2, 0.25) is 0 Å². The second-order valence-corrected chi connectivity index (χ2v) is 6.09. The Kier molecular flexibility index (Phi) is 7.12. The number of nitrogens with zero attached hydrogens (tertiary/aromatic N) is 1. The Morgan fingerprint density at radius 1 is 1.23 bits per heavy atom. The van der Waals surface area contributed by atoms with E-state index in [0.29, 0.717) is 22.9 Å². The van der Waals surface area contributed by atoms with Gasteiger partial charge in [0.15, 0.2) is 18.1 Å². The maximum absolute atomic E-state index is 11.8. The molecule has 1 amide bonds. The quantitative estimate of drug-likeness (QED) is 0.548. The average Bonchev–Trinajstić information content (AvgIpc) is 2.60. The predicted octanol–water partition coefficient (Wildman–Crippen LogP) is 3.94. The summed E-state index contributed by atoms with van der Waals surface area (Å²) in [5.74, 6) is 0.219. The lowest BCUT2D eigenvalue weighted by Gasteiger charge is -2.08. The summed E-state index contributed by atoms with van der Waals surface area (Å²) in [5.41, 5.74) is 3.77. The summed E-state index contributed by atoms with van der Waals surface area (Å²) in [4.78, 5) is 11.8. The molecule has 2 aromatic rings. The first-order valence-corrected chi connectivity index (χ1v) is 8.52. The van der Waals surface area contributed by atoms with E-state index >= 15 is 0 Å². The maximum Gasteiger partial charge on any atom is 0.277 e. The Morgan fingerprint density at radius 2 is 2.00 bits per heavy atom. The van der Waals surface area contributed by atoms with E-state index in [9.17, 15) is 9.90 Å². The number of carbonyl (C=O) groups is 1. The van der Waals surface area contributed by atoms with Crippen molar-refractivity contribution in [1.29, 1.82) is 0 Å². The summed E-state index contributed by atoms with van der Waals surface area (Å²) in [6, 6.07) is 8.19. The first-order valence-electron chi connectivity index (χ1n) is 7.77. The number of phenols is 1. The highest BCUT2D eigenvalue weighted by Crippen LogP contribution is 2.34. The van der Waals surface area contributed by atoms with Gasteiger partial charge in [0.1, 0.15) is 5.75 Å². The molecule has 0 heterocycles. The van der Waals surface area contributed by atoms with Gasteiger partial charge in [-0.3, -0.25) is 4.79 Å². The van der Waals surface area contributed by atoms with E-state index in [-0.39, 0.29) is 23.1 Å². The van der Waals surface area contributed by atoms with Gasteiger partial charge in [-0.2, -0.15) is 5.10 Å². The fourth-order valence-electron chi connectivity index (χ4n) is 2.00. The molecule has 0 aromatic heterocycles. The van der Waals surface area contributed by atoms with Crippen LogP contribution in [0.25, 0.3) is 0 Å². The van der Waals surface area contributed by atoms with Crippen molar-refractivity contribution >= 4 is 35.3 Å². The van der Waals surface area contributed by atoms with Crippen LogP contribution < -0.4 is 14.9 Å². The Balaban J connectivity index is 1.91. The van der Waals surface area contributed by atoms with Gasteiger partial charge < -0.3 is 14.6 Å². The van der Waals surface area contributed by atoms with Crippen molar-refractivity contribution in [2.24, 2.45) is 5.10 Å². The third-order valence-corrected chi connectivity index (χ3v) is 3.97. The molecular formula is C18H18Cl2N2O4. The molecule has 0 saturated carbocycles. The lowest BCUT2D eigenvalue weighted by molar-refractivity contribution is -0.123. The zero-order chi connectivity index (χ0) is 19.1. The van der Waals surface area contributed by atoms with Gasteiger partial charge in [0, 0.05) is 5.02 Å². The van der Waals surface area contributed by atoms with Crippen LogP contribution in [0.4, 0.5) is 0 Å². The van der Waals surface area contributed by atoms with Gasteiger partial charge in [-0.05, 0) is 55.3 Å². The van der Waals surface area contributed by atoms with Crippen molar-refractivity contribution in [2.45, 2.75) is 13.8 Å². The molecule has 0 saturated heterocycles. The van der Waals surface area contributed by atoms with Gasteiger partial charge in [-0.25, -0.2) is 5.43 Å². The SMILES string of the molecule is CCOc1cc(/C=N/NC(=O)COc2ccc(Cl)c(C)c2)cc(Cl)c1O. The Hall–Kier alpha value is -2.44. The average molecular weight is 397 g/mol. The van der Waals surface area contributed by atoms with Gasteiger partial charge in [-0.15, -0.1) is 0 Å². The topological polar surface area (TPSA) is 80.2 Å². The second kappa shape index (κ2) is 9.31. The number of hydrazone groups is 1. The number of ether oxygens (including phenoxy) is 2. The molecule has 2 aromatic carbocycles. The molecule has 2 rings (SSSR count). The predicted molar refractivity (Wildman–Crippen MR) is 102 cm³/mol. The zero-order valence-electron chi connectivity index (χ0n) is 14.3. The molecule has 0 unspecified atom stereocenters. The number of amides is 1. The lowest BCUT2D eigenvalue weighted by Crippen LogP contribution is -2.24. The summed E-state index contributed by atoms with van der Waals surface area (Å²) in [6.07, 6.45) is 1.39. The number of phenolic OH excluding ortho intramolecular Hbond substituents is 1. The second-order valence-electron chi connectivity index (χ2n) is 5.28. The van der Waals surface area contributed by atoms with Crippen molar-refractivity contribution in [3.63, 3.8) is 0 Å². The van der Waals surface area contributed by atoms with E-state index in [1.165, 1.54) is 12.3 Å². The Morgan fingerprint density at radius 3 is 2.69 bits per heavy atom. The van der Waals surface area contributed by atoms with Crippen LogP contribution in [0.15, 0.2) is 35.4 Å². The van der Waals surface area contributed by atoms with Crippen LogP contribution in [-0.2, 0) is 4.79 Å². The van der Waals surface area contributed by atoms with E-state index < -0.39 is 5.91 Å². The number of aryl methyl sites for hydroxylation is 1. The molecule has 138 valence electrons. The number of benzene rings is 2. The Bertz CT molecular complexity index is 825. The van der Waals surface area contributed by atoms with E-state index in [4.69, 9.17) is 32.7 Å². The van der Waals surface area contributed by atoms with Crippen molar-refractivity contribution in [2.75, 3.05) is 13.2 Å². The number of hydrogen-bond acceptors (Lipinski definition) is 5. The molecule has 0 radical (unpaired) electrons. The van der Waals surface area contributed by atoms with Gasteiger partial charge in [0.05, 0.1) is 17.8 Å². The Labute approximate surface area is 161 Å². The van der Waals surface area contributed by atoms with Gasteiger partial charge in [-0.1, -0.05) is 23.2 Å². The van der Waals surface area contributed by atoms with Crippen LogP contribution in [0.1, 0.15) is 18.1 Å². The third kappa shape index (κ3) is 5.54. The highest BCUT2D eigenvalue weighted by atomic mass is 35.5. The van der Waals surface area contributed by atoms with E-state index in [0.717, 1.165) is 5.56 Å². The first kappa shape index (κ1) is 19.9. The highest BCUT2D eigenvalue weighted by molar-refractivity contribution is 6.32. The summed E-state index contributed by atoms with van der Waals surface area (Å²) in [5, 5.41) is 14.4. The monoisotopic (exact) mass is 396 g/mol. The largest absolute Gasteiger partial charge is 0.503 e. The number of aromatic hydroxyl groups is 1.